The van der Waals surface area contributed by atoms with E-state index in [1.165, 1.54) is 0 Å². The third-order valence-electron chi connectivity index (χ3n) is 4.53. The van der Waals surface area contributed by atoms with Crippen LogP contribution in [0.25, 0.3) is 0 Å². The average Bonchev–Trinajstić information content (AvgIpc) is 2.78. The smallest absolute Gasteiger partial charge is 0.257 e. The van der Waals surface area contributed by atoms with Crippen LogP contribution in [0.15, 0.2) is 48.5 Å². The molecule has 2 aromatic rings. The lowest BCUT2D eigenvalue weighted by atomic mass is 10.1. The minimum Gasteiger partial charge on any atom is -0.320 e. The predicted molar refractivity (Wildman–Crippen MR) is 112 cm³/mol. The molecule has 0 saturated heterocycles. The van der Waals surface area contributed by atoms with Gasteiger partial charge in [-0.1, -0.05) is 37.6 Å². The monoisotopic (exact) mass is 387 g/mol. The summed E-state index contributed by atoms with van der Waals surface area (Å²) in [6.45, 7) is 4.05. The summed E-state index contributed by atoms with van der Waals surface area (Å²) in [6.07, 6.45) is 3.37. The molecule has 0 saturated carbocycles. The fraction of sp³-hybridized carbons (Fsp3) is 0.333. The van der Waals surface area contributed by atoms with Crippen molar-refractivity contribution < 1.29 is 9.59 Å². The van der Waals surface area contributed by atoms with Crippen molar-refractivity contribution in [2.75, 3.05) is 23.3 Å². The molecule has 0 aromatic heterocycles. The van der Waals surface area contributed by atoms with E-state index in [1.807, 2.05) is 42.5 Å². The first kappa shape index (κ1) is 20.9. The van der Waals surface area contributed by atoms with Crippen LogP contribution < -0.4 is 15.5 Å². The molecule has 0 radical (unpaired) electrons. The summed E-state index contributed by atoms with van der Waals surface area (Å²) in [7, 11) is 0. The standard InChI is InChI=1S/C21H25N3O2.ClH/c1-2-22-15-9-3-4-14-20(25)24-18-12-7-5-10-16(18)21(26)23-17-11-6-8-13-19(17)24;/h5-8,10-13,22H,2-4,9,14-15H2,1H3,(H,23,26);1H. The Hall–Kier alpha value is -2.37. The van der Waals surface area contributed by atoms with Crippen molar-refractivity contribution in [1.29, 1.82) is 0 Å². The van der Waals surface area contributed by atoms with E-state index < -0.39 is 0 Å². The van der Waals surface area contributed by atoms with Crippen LogP contribution in [0.2, 0.25) is 0 Å². The second kappa shape index (κ2) is 10.1. The Morgan fingerprint density at radius 2 is 1.70 bits per heavy atom. The number of nitrogens with zero attached hydrogens (tertiary/aromatic N) is 1. The fourth-order valence-electron chi connectivity index (χ4n) is 3.21. The van der Waals surface area contributed by atoms with E-state index in [0.717, 1.165) is 38.0 Å². The van der Waals surface area contributed by atoms with Gasteiger partial charge in [0.2, 0.25) is 5.91 Å². The first-order valence-electron chi connectivity index (χ1n) is 9.25. The number of carbonyl (C=O) groups excluding carboxylic acids is 2. The van der Waals surface area contributed by atoms with E-state index >= 15 is 0 Å². The topological polar surface area (TPSA) is 61.4 Å². The van der Waals surface area contributed by atoms with E-state index in [1.54, 1.807) is 11.0 Å². The average molecular weight is 388 g/mol. The Morgan fingerprint density at radius 3 is 2.48 bits per heavy atom. The molecule has 0 atom stereocenters. The zero-order valence-electron chi connectivity index (χ0n) is 15.5. The zero-order chi connectivity index (χ0) is 18.4. The minimum atomic E-state index is -0.186. The minimum absolute atomic E-state index is 0. The van der Waals surface area contributed by atoms with Crippen molar-refractivity contribution in [2.45, 2.75) is 32.6 Å². The van der Waals surface area contributed by atoms with Gasteiger partial charge in [-0.25, -0.2) is 0 Å². The van der Waals surface area contributed by atoms with Crippen molar-refractivity contribution in [1.82, 2.24) is 5.32 Å². The third kappa shape index (κ3) is 4.87. The van der Waals surface area contributed by atoms with Gasteiger partial charge in [0.1, 0.15) is 0 Å². The number of carbonyl (C=O) groups is 2. The molecule has 1 aliphatic rings. The highest BCUT2D eigenvalue weighted by Crippen LogP contribution is 2.38. The molecule has 0 unspecified atom stereocenters. The van der Waals surface area contributed by atoms with Crippen LogP contribution in [0.4, 0.5) is 17.1 Å². The van der Waals surface area contributed by atoms with Gasteiger partial charge in [-0.3, -0.25) is 14.5 Å². The summed E-state index contributed by atoms with van der Waals surface area (Å²) >= 11 is 0. The molecule has 0 fully saturated rings. The predicted octanol–water partition coefficient (Wildman–Crippen LogP) is 4.51. The largest absolute Gasteiger partial charge is 0.320 e. The molecule has 0 aliphatic carbocycles. The van der Waals surface area contributed by atoms with Gasteiger partial charge in [-0.05, 0) is 50.2 Å². The number of halogens is 1. The highest BCUT2D eigenvalue weighted by Gasteiger charge is 2.28. The number of hydrogen-bond donors (Lipinski definition) is 2. The number of benzene rings is 2. The number of anilines is 3. The Balaban J connectivity index is 0.00000261. The van der Waals surface area contributed by atoms with E-state index in [0.29, 0.717) is 23.4 Å². The van der Waals surface area contributed by atoms with Gasteiger partial charge in [0.15, 0.2) is 0 Å². The van der Waals surface area contributed by atoms with Crippen LogP contribution in [0, 0.1) is 0 Å². The van der Waals surface area contributed by atoms with E-state index in [2.05, 4.69) is 17.6 Å². The number of nitrogens with one attached hydrogen (secondary N) is 2. The lowest BCUT2D eigenvalue weighted by molar-refractivity contribution is -0.118. The Labute approximate surface area is 166 Å². The number of para-hydroxylation sites is 3. The molecule has 3 rings (SSSR count). The van der Waals surface area contributed by atoms with Crippen molar-refractivity contribution >= 4 is 41.3 Å². The van der Waals surface area contributed by atoms with Crippen molar-refractivity contribution in [3.63, 3.8) is 0 Å². The maximum absolute atomic E-state index is 13.0. The maximum atomic E-state index is 13.0. The van der Waals surface area contributed by atoms with Crippen LogP contribution in [0.1, 0.15) is 43.0 Å². The summed E-state index contributed by atoms with van der Waals surface area (Å²) in [5, 5.41) is 6.21. The van der Waals surface area contributed by atoms with Gasteiger partial charge < -0.3 is 10.6 Å². The molecule has 144 valence electrons. The van der Waals surface area contributed by atoms with E-state index in [-0.39, 0.29) is 24.2 Å². The first-order chi connectivity index (χ1) is 12.7. The van der Waals surface area contributed by atoms with E-state index in [9.17, 15) is 9.59 Å². The first-order valence-corrected chi connectivity index (χ1v) is 9.25. The quantitative estimate of drug-likeness (QED) is 0.687. The van der Waals surface area contributed by atoms with Crippen molar-refractivity contribution in [3.05, 3.63) is 54.1 Å². The van der Waals surface area contributed by atoms with Crippen molar-refractivity contribution in [2.24, 2.45) is 0 Å². The second-order valence-corrected chi connectivity index (χ2v) is 6.38. The van der Waals surface area contributed by atoms with Crippen LogP contribution in [-0.4, -0.2) is 24.9 Å². The van der Waals surface area contributed by atoms with E-state index in [4.69, 9.17) is 0 Å². The molecule has 2 aromatic carbocycles. The summed E-state index contributed by atoms with van der Waals surface area (Å²) in [5.74, 6) is -0.168. The van der Waals surface area contributed by atoms with Crippen LogP contribution in [0.5, 0.6) is 0 Å². The fourth-order valence-corrected chi connectivity index (χ4v) is 3.21. The molecule has 2 amide bonds. The summed E-state index contributed by atoms with van der Waals surface area (Å²) in [5.41, 5.74) is 2.55. The summed E-state index contributed by atoms with van der Waals surface area (Å²) in [6, 6.07) is 14.7. The summed E-state index contributed by atoms with van der Waals surface area (Å²) < 4.78 is 0. The van der Waals surface area contributed by atoms with Gasteiger partial charge in [-0.15, -0.1) is 12.4 Å². The SMILES string of the molecule is CCNCCCCCC(=O)N1c2ccccc2NC(=O)c2ccccc21.Cl. The van der Waals surface area contributed by atoms with Gasteiger partial charge in [0.05, 0.1) is 22.6 Å². The Kier molecular flexibility index (Phi) is 7.82. The van der Waals surface area contributed by atoms with Crippen LogP contribution in [-0.2, 0) is 4.79 Å². The molecule has 5 nitrogen and oxygen atoms in total. The number of unbranched alkanes of at least 4 members (excludes halogenated alkanes) is 2. The highest BCUT2D eigenvalue weighted by atomic mass is 35.5. The molecule has 2 N–H and O–H groups in total. The molecule has 1 heterocycles. The van der Waals surface area contributed by atoms with Crippen molar-refractivity contribution in [3.8, 4) is 0 Å². The molecular formula is C21H26ClN3O2. The number of amides is 2. The Morgan fingerprint density at radius 1 is 1.00 bits per heavy atom. The third-order valence-corrected chi connectivity index (χ3v) is 4.53. The maximum Gasteiger partial charge on any atom is 0.257 e. The molecule has 0 bridgehead atoms. The molecule has 1 aliphatic heterocycles. The lowest BCUT2D eigenvalue weighted by Crippen LogP contribution is -2.26. The van der Waals surface area contributed by atoms with Gasteiger partial charge >= 0.3 is 0 Å². The highest BCUT2D eigenvalue weighted by molar-refractivity contribution is 6.17. The summed E-state index contributed by atoms with van der Waals surface area (Å²) in [4.78, 5) is 27.3. The molecule has 6 heteroatoms. The molecule has 27 heavy (non-hydrogen) atoms. The van der Waals surface area contributed by atoms with Crippen LogP contribution >= 0.6 is 12.4 Å². The number of rotatable bonds is 7. The number of fused-ring (bicyclic) bond motifs is 2. The zero-order valence-corrected chi connectivity index (χ0v) is 16.3. The Bertz CT molecular complexity index is 795. The van der Waals surface area contributed by atoms with Crippen LogP contribution in [0.3, 0.4) is 0 Å². The van der Waals surface area contributed by atoms with Gasteiger partial charge in [0.25, 0.3) is 5.91 Å². The number of hydrogen-bond acceptors (Lipinski definition) is 3. The second-order valence-electron chi connectivity index (χ2n) is 6.38. The normalized spacial score (nSPS) is 12.3. The van der Waals surface area contributed by atoms with Gasteiger partial charge in [-0.2, -0.15) is 0 Å². The lowest BCUT2D eigenvalue weighted by Gasteiger charge is -2.24. The molecular weight excluding hydrogens is 362 g/mol. The van der Waals surface area contributed by atoms with Gasteiger partial charge in [0, 0.05) is 6.42 Å². The molecule has 0 spiro atoms.